The summed E-state index contributed by atoms with van der Waals surface area (Å²) < 4.78 is 0. The minimum Gasteiger partial charge on any atom is -0.306 e. The van der Waals surface area contributed by atoms with Crippen LogP contribution in [0.2, 0.25) is 0 Å². The van der Waals surface area contributed by atoms with Crippen LogP contribution < -0.4 is 0 Å². The van der Waals surface area contributed by atoms with Crippen LogP contribution in [0.5, 0.6) is 0 Å². The summed E-state index contributed by atoms with van der Waals surface area (Å²) in [6, 6.07) is 0. The van der Waals surface area contributed by atoms with Gasteiger partial charge >= 0.3 is 0 Å². The highest BCUT2D eigenvalue weighted by Gasteiger charge is 2.45. The molecule has 3 nitrogen and oxygen atoms in total. The highest BCUT2D eigenvalue weighted by Crippen LogP contribution is 2.49. The van der Waals surface area contributed by atoms with Crippen molar-refractivity contribution in [2.45, 2.75) is 72.1 Å². The van der Waals surface area contributed by atoms with Gasteiger partial charge in [-0.2, -0.15) is 0 Å². The molecule has 180 valence electrons. The predicted octanol–water partition coefficient (Wildman–Crippen LogP) is 5.32. The third-order valence-corrected chi connectivity index (χ3v) is 9.32. The fourth-order valence-electron chi connectivity index (χ4n) is 8.81. The maximum Gasteiger partial charge on any atom is 0.00326 e. The van der Waals surface area contributed by atoms with Crippen molar-refractivity contribution in [3.05, 3.63) is 0 Å². The molecule has 3 atom stereocenters. The number of hydrogen-bond acceptors (Lipinski definition) is 3. The predicted molar refractivity (Wildman–Crippen MR) is 133 cm³/mol. The van der Waals surface area contributed by atoms with Crippen molar-refractivity contribution in [3.63, 3.8) is 0 Å². The molecule has 0 N–H and O–H groups in total. The van der Waals surface area contributed by atoms with Gasteiger partial charge in [-0.25, -0.2) is 0 Å². The van der Waals surface area contributed by atoms with E-state index in [1.165, 1.54) is 90.6 Å². The van der Waals surface area contributed by atoms with Gasteiger partial charge in [0.25, 0.3) is 0 Å². The lowest BCUT2D eigenvalue weighted by Crippen LogP contribution is -2.53. The van der Waals surface area contributed by atoms with Crippen molar-refractivity contribution >= 4 is 0 Å². The molecule has 31 heavy (non-hydrogen) atoms. The molecular weight excluding hydrogens is 378 g/mol. The highest BCUT2D eigenvalue weighted by atomic mass is 15.1. The molecule has 0 radical (unpaired) electrons. The molecule has 8 fully saturated rings. The SMILES string of the molecule is CC1CC2CC(C1)CN(C)C2.CC1CC2CC(C2)CN(C)C1.CN1CC2CC(C)(C2)C1. The van der Waals surface area contributed by atoms with E-state index in [0.717, 1.165) is 46.8 Å². The first kappa shape index (κ1) is 24.0. The number of rotatable bonds is 0. The first-order valence-electron chi connectivity index (χ1n) is 13.7. The van der Waals surface area contributed by atoms with Gasteiger partial charge in [0.15, 0.2) is 0 Å². The molecule has 5 heterocycles. The molecule has 8 aliphatic rings. The third-order valence-electron chi connectivity index (χ3n) is 9.32. The van der Waals surface area contributed by atoms with Crippen molar-refractivity contribution in [1.82, 2.24) is 14.7 Å². The van der Waals surface area contributed by atoms with Gasteiger partial charge in [-0.15, -0.1) is 0 Å². The Labute approximate surface area is 194 Å². The summed E-state index contributed by atoms with van der Waals surface area (Å²) in [6.45, 7) is 15.3. The summed E-state index contributed by atoms with van der Waals surface area (Å²) >= 11 is 0. The van der Waals surface area contributed by atoms with Gasteiger partial charge < -0.3 is 14.7 Å². The maximum absolute atomic E-state index is 2.52. The highest BCUT2D eigenvalue weighted by molar-refractivity contribution is 4.97. The molecule has 3 heteroatoms. The number of piperidine rings is 3. The molecule has 8 rings (SSSR count). The largest absolute Gasteiger partial charge is 0.306 e. The Kier molecular flexibility index (Phi) is 7.76. The van der Waals surface area contributed by atoms with Gasteiger partial charge in [-0.05, 0) is 119 Å². The standard InChI is InChI=1S/2C10H19N.C8H15N/c1-8-3-9-4-10(5-9)7-11(2)6-8;1-8-3-9-5-10(4-8)7-11(2)6-9;1-8-3-7(4-8)5-9(2)6-8/h2*8-10H,3-7H2,1-2H3;7H,3-6H2,1-2H3. The third kappa shape index (κ3) is 6.70. The zero-order valence-corrected chi connectivity index (χ0v) is 21.8. The Hall–Kier alpha value is -0.120. The molecule has 0 spiro atoms. The zero-order chi connectivity index (χ0) is 22.2. The van der Waals surface area contributed by atoms with Gasteiger partial charge in [-0.3, -0.25) is 0 Å². The lowest BCUT2D eigenvalue weighted by Gasteiger charge is -2.54. The summed E-state index contributed by atoms with van der Waals surface area (Å²) in [4.78, 5) is 7.51. The van der Waals surface area contributed by atoms with Gasteiger partial charge in [0.1, 0.15) is 0 Å². The molecule has 5 aliphatic heterocycles. The van der Waals surface area contributed by atoms with Crippen LogP contribution >= 0.6 is 0 Å². The van der Waals surface area contributed by atoms with Crippen LogP contribution in [0.25, 0.3) is 0 Å². The van der Waals surface area contributed by atoms with E-state index in [-0.39, 0.29) is 0 Å². The van der Waals surface area contributed by atoms with E-state index in [1.54, 1.807) is 0 Å². The van der Waals surface area contributed by atoms with Crippen LogP contribution in [0, 0.1) is 46.8 Å². The minimum absolute atomic E-state index is 0.720. The Morgan fingerprint density at radius 1 is 0.516 bits per heavy atom. The normalized spacial score (nSPS) is 47.2. The number of nitrogens with zero attached hydrogens (tertiary/aromatic N) is 3. The Morgan fingerprint density at radius 2 is 0.968 bits per heavy atom. The smallest absolute Gasteiger partial charge is 0.00326 e. The number of likely N-dealkylation sites (tertiary alicyclic amines) is 1. The lowest BCUT2D eigenvalue weighted by atomic mass is 9.60. The van der Waals surface area contributed by atoms with Crippen LogP contribution in [-0.4, -0.2) is 75.1 Å². The molecule has 3 aliphatic carbocycles. The molecule has 6 bridgehead atoms. The summed E-state index contributed by atoms with van der Waals surface area (Å²) in [5.74, 6) is 7.21. The van der Waals surface area contributed by atoms with E-state index in [4.69, 9.17) is 0 Å². The average Bonchev–Trinajstić information content (AvgIpc) is 2.56. The van der Waals surface area contributed by atoms with E-state index in [9.17, 15) is 0 Å². The van der Waals surface area contributed by atoms with Crippen molar-refractivity contribution in [3.8, 4) is 0 Å². The Balaban J connectivity index is 0.000000113. The first-order valence-corrected chi connectivity index (χ1v) is 13.7. The quantitative estimate of drug-likeness (QED) is 0.514. The molecule has 3 saturated carbocycles. The van der Waals surface area contributed by atoms with Gasteiger partial charge in [-0.1, -0.05) is 20.8 Å². The fraction of sp³-hybridized carbons (Fsp3) is 1.00. The molecule has 0 amide bonds. The van der Waals surface area contributed by atoms with E-state index >= 15 is 0 Å². The lowest BCUT2D eigenvalue weighted by molar-refractivity contribution is -0.0359. The minimum atomic E-state index is 0.720. The molecule has 3 unspecified atom stereocenters. The van der Waals surface area contributed by atoms with Crippen LogP contribution in [0.15, 0.2) is 0 Å². The van der Waals surface area contributed by atoms with Crippen molar-refractivity contribution in [1.29, 1.82) is 0 Å². The second-order valence-electron chi connectivity index (χ2n) is 13.8. The number of hydrogen-bond donors (Lipinski definition) is 0. The molecular formula is C28H53N3. The van der Waals surface area contributed by atoms with Crippen molar-refractivity contribution < 1.29 is 0 Å². The Bertz CT molecular complexity index is 510. The van der Waals surface area contributed by atoms with Gasteiger partial charge in [0.05, 0.1) is 0 Å². The van der Waals surface area contributed by atoms with Crippen LogP contribution in [0.3, 0.4) is 0 Å². The van der Waals surface area contributed by atoms with E-state index in [0.29, 0.717) is 0 Å². The van der Waals surface area contributed by atoms with Gasteiger partial charge in [0.2, 0.25) is 0 Å². The molecule has 0 aromatic heterocycles. The van der Waals surface area contributed by atoms with Crippen LogP contribution in [0.4, 0.5) is 0 Å². The van der Waals surface area contributed by atoms with E-state index in [2.05, 4.69) is 56.6 Å². The van der Waals surface area contributed by atoms with Crippen molar-refractivity contribution in [2.24, 2.45) is 46.8 Å². The molecule has 0 aromatic carbocycles. The van der Waals surface area contributed by atoms with Crippen LogP contribution in [-0.2, 0) is 0 Å². The van der Waals surface area contributed by atoms with E-state index in [1.807, 2.05) is 0 Å². The summed E-state index contributed by atoms with van der Waals surface area (Å²) in [6.07, 6.45) is 12.0. The average molecular weight is 432 g/mol. The summed E-state index contributed by atoms with van der Waals surface area (Å²) in [5.41, 5.74) is 0.720. The van der Waals surface area contributed by atoms with Crippen molar-refractivity contribution in [2.75, 3.05) is 60.4 Å². The molecule has 5 saturated heterocycles. The van der Waals surface area contributed by atoms with Gasteiger partial charge in [0, 0.05) is 39.3 Å². The number of fused-ring (bicyclic) bond motifs is 8. The second-order valence-corrected chi connectivity index (χ2v) is 13.8. The molecule has 0 aromatic rings. The summed E-state index contributed by atoms with van der Waals surface area (Å²) in [7, 11) is 6.79. The monoisotopic (exact) mass is 431 g/mol. The van der Waals surface area contributed by atoms with E-state index < -0.39 is 0 Å². The first-order chi connectivity index (χ1) is 14.7. The fourth-order valence-corrected chi connectivity index (χ4v) is 8.81. The Morgan fingerprint density at radius 3 is 1.48 bits per heavy atom. The van der Waals surface area contributed by atoms with Crippen LogP contribution in [0.1, 0.15) is 72.1 Å². The maximum atomic E-state index is 2.52. The summed E-state index contributed by atoms with van der Waals surface area (Å²) in [5, 5.41) is 0. The second kappa shape index (κ2) is 10.0. The topological polar surface area (TPSA) is 9.72 Å². The zero-order valence-electron chi connectivity index (χ0n) is 21.8.